The van der Waals surface area contributed by atoms with E-state index in [0.717, 1.165) is 16.6 Å². The first-order valence-electron chi connectivity index (χ1n) is 7.70. The van der Waals surface area contributed by atoms with Gasteiger partial charge in [-0.25, -0.2) is 4.98 Å². The van der Waals surface area contributed by atoms with Crippen molar-refractivity contribution in [3.8, 4) is 0 Å². The van der Waals surface area contributed by atoms with Gasteiger partial charge < -0.3 is 24.9 Å². The second-order valence-electron chi connectivity index (χ2n) is 5.80. The van der Waals surface area contributed by atoms with Crippen LogP contribution in [0.2, 0.25) is 0 Å². The van der Waals surface area contributed by atoms with Crippen molar-refractivity contribution in [2.45, 2.75) is 32.1 Å². The number of hydrogen-bond donors (Lipinski definition) is 3. The van der Waals surface area contributed by atoms with Gasteiger partial charge in [0.1, 0.15) is 19.0 Å². The normalized spacial score (nSPS) is 21.5. The van der Waals surface area contributed by atoms with Gasteiger partial charge in [0, 0.05) is 6.61 Å². The Labute approximate surface area is 134 Å². The molecule has 1 saturated heterocycles. The monoisotopic (exact) mass is 319 g/mol. The van der Waals surface area contributed by atoms with Crippen LogP contribution in [0.5, 0.6) is 0 Å². The first-order chi connectivity index (χ1) is 11.1. The summed E-state index contributed by atoms with van der Waals surface area (Å²) in [5, 5.41) is 12.5. The van der Waals surface area contributed by atoms with Gasteiger partial charge >= 0.3 is 0 Å². The fourth-order valence-electron chi connectivity index (χ4n) is 2.60. The molecule has 124 valence electrons. The molecule has 7 heteroatoms. The summed E-state index contributed by atoms with van der Waals surface area (Å²) in [5.74, 6) is 0.408. The smallest absolute Gasteiger partial charge is 0.246 e. The Morgan fingerprint density at radius 1 is 1.57 bits per heavy atom. The molecule has 0 unspecified atom stereocenters. The molecule has 1 aromatic carbocycles. The summed E-state index contributed by atoms with van der Waals surface area (Å²) in [5.41, 5.74) is 2.98. The maximum absolute atomic E-state index is 11.8. The molecule has 1 aromatic heterocycles. The van der Waals surface area contributed by atoms with Crippen molar-refractivity contribution in [1.29, 1.82) is 0 Å². The van der Waals surface area contributed by atoms with Gasteiger partial charge in [-0.15, -0.1) is 0 Å². The molecule has 0 radical (unpaired) electrons. The van der Waals surface area contributed by atoms with Crippen molar-refractivity contribution in [3.63, 3.8) is 0 Å². The summed E-state index contributed by atoms with van der Waals surface area (Å²) in [6.45, 7) is 3.01. The van der Waals surface area contributed by atoms with Crippen LogP contribution in [0.1, 0.15) is 17.8 Å². The summed E-state index contributed by atoms with van der Waals surface area (Å²) < 4.78 is 10.6. The molecule has 23 heavy (non-hydrogen) atoms. The Morgan fingerprint density at radius 2 is 2.43 bits per heavy atom. The standard InChI is InChI=1S/C16H21N3O4/c1-10-2-3-11-12(6-10)18-15(17-11)8-23-9-16(21)19-13-7-22-5-4-14(13)20/h2-3,6,13-14,20H,4-5,7-9H2,1H3,(H,17,18)(H,19,21)/t13-,14-/m1/s1. The lowest BCUT2D eigenvalue weighted by molar-refractivity contribution is -0.129. The van der Waals surface area contributed by atoms with Crippen molar-refractivity contribution in [1.82, 2.24) is 15.3 Å². The number of nitrogens with one attached hydrogen (secondary N) is 2. The van der Waals surface area contributed by atoms with Crippen molar-refractivity contribution < 1.29 is 19.4 Å². The van der Waals surface area contributed by atoms with Gasteiger partial charge in [-0.3, -0.25) is 4.79 Å². The third kappa shape index (κ3) is 4.07. The molecule has 1 fully saturated rings. The molecule has 7 nitrogen and oxygen atoms in total. The molecular weight excluding hydrogens is 298 g/mol. The molecule has 1 aliphatic rings. The molecule has 0 spiro atoms. The zero-order valence-corrected chi connectivity index (χ0v) is 13.0. The van der Waals surface area contributed by atoms with Crippen molar-refractivity contribution >= 4 is 16.9 Å². The second kappa shape index (κ2) is 7.08. The average molecular weight is 319 g/mol. The van der Waals surface area contributed by atoms with Crippen LogP contribution in [0.3, 0.4) is 0 Å². The van der Waals surface area contributed by atoms with E-state index in [-0.39, 0.29) is 25.2 Å². The molecule has 1 amide bonds. The van der Waals surface area contributed by atoms with Crippen molar-refractivity contribution in [2.24, 2.45) is 0 Å². The first kappa shape index (κ1) is 15.9. The Balaban J connectivity index is 1.47. The largest absolute Gasteiger partial charge is 0.391 e. The van der Waals surface area contributed by atoms with Gasteiger partial charge in [0.25, 0.3) is 0 Å². The highest BCUT2D eigenvalue weighted by molar-refractivity contribution is 5.77. The Hall–Kier alpha value is -1.96. The number of aliphatic hydroxyl groups excluding tert-OH is 1. The van der Waals surface area contributed by atoms with Crippen LogP contribution in [0.4, 0.5) is 0 Å². The third-order valence-corrected chi connectivity index (χ3v) is 3.82. The lowest BCUT2D eigenvalue weighted by Gasteiger charge is -2.28. The quantitative estimate of drug-likeness (QED) is 0.752. The Morgan fingerprint density at radius 3 is 3.26 bits per heavy atom. The van der Waals surface area contributed by atoms with Crippen LogP contribution in [0.25, 0.3) is 11.0 Å². The molecule has 0 bridgehead atoms. The number of benzene rings is 1. The number of ether oxygens (including phenoxy) is 2. The average Bonchev–Trinajstić information content (AvgIpc) is 2.91. The molecule has 3 N–H and O–H groups in total. The number of hydrogen-bond acceptors (Lipinski definition) is 5. The van der Waals surface area contributed by atoms with Gasteiger partial charge in [-0.05, 0) is 31.0 Å². The molecule has 2 atom stereocenters. The topological polar surface area (TPSA) is 96.5 Å². The number of aliphatic hydroxyl groups is 1. The number of carbonyl (C=O) groups excluding carboxylic acids is 1. The number of fused-ring (bicyclic) bond motifs is 1. The van der Waals surface area contributed by atoms with Crippen molar-refractivity contribution in [3.05, 3.63) is 29.6 Å². The molecule has 0 aliphatic carbocycles. The number of carbonyl (C=O) groups is 1. The van der Waals surface area contributed by atoms with Gasteiger partial charge in [0.05, 0.1) is 29.8 Å². The van der Waals surface area contributed by atoms with Crippen LogP contribution < -0.4 is 5.32 Å². The molecule has 2 aromatic rings. The summed E-state index contributed by atoms with van der Waals surface area (Å²) in [7, 11) is 0. The summed E-state index contributed by atoms with van der Waals surface area (Å²) in [4.78, 5) is 19.4. The second-order valence-corrected chi connectivity index (χ2v) is 5.80. The minimum atomic E-state index is -0.564. The van der Waals surface area contributed by atoms with E-state index in [1.54, 1.807) is 0 Å². The van der Waals surface area contributed by atoms with E-state index >= 15 is 0 Å². The number of imidazole rings is 1. The molecule has 2 heterocycles. The van der Waals surface area contributed by atoms with E-state index in [4.69, 9.17) is 9.47 Å². The Bertz CT molecular complexity index is 685. The van der Waals surface area contributed by atoms with E-state index in [1.165, 1.54) is 0 Å². The highest BCUT2D eigenvalue weighted by Gasteiger charge is 2.25. The zero-order valence-electron chi connectivity index (χ0n) is 13.0. The van der Waals surface area contributed by atoms with Gasteiger partial charge in [0.2, 0.25) is 5.91 Å². The summed E-state index contributed by atoms with van der Waals surface area (Å²) >= 11 is 0. The summed E-state index contributed by atoms with van der Waals surface area (Å²) in [6, 6.07) is 5.60. The van der Waals surface area contributed by atoms with E-state index < -0.39 is 6.10 Å². The van der Waals surface area contributed by atoms with Gasteiger partial charge in [-0.1, -0.05) is 6.07 Å². The summed E-state index contributed by atoms with van der Waals surface area (Å²) in [6.07, 6.45) is -0.0316. The van der Waals surface area contributed by atoms with Crippen LogP contribution in [-0.2, 0) is 20.9 Å². The number of aromatic nitrogens is 2. The van der Waals surface area contributed by atoms with Crippen LogP contribution >= 0.6 is 0 Å². The predicted molar refractivity (Wildman–Crippen MR) is 83.9 cm³/mol. The van der Waals surface area contributed by atoms with Crippen LogP contribution in [0.15, 0.2) is 18.2 Å². The number of H-pyrrole nitrogens is 1. The highest BCUT2D eigenvalue weighted by Crippen LogP contribution is 2.13. The molecular formula is C16H21N3O4. The zero-order chi connectivity index (χ0) is 16.2. The number of rotatable bonds is 5. The van der Waals surface area contributed by atoms with E-state index in [1.807, 2.05) is 25.1 Å². The van der Waals surface area contributed by atoms with E-state index in [2.05, 4.69) is 15.3 Å². The number of aryl methyl sites for hydroxylation is 1. The van der Waals surface area contributed by atoms with Gasteiger partial charge in [0.15, 0.2) is 0 Å². The lowest BCUT2D eigenvalue weighted by atomic mass is 10.1. The fourth-order valence-corrected chi connectivity index (χ4v) is 2.60. The van der Waals surface area contributed by atoms with E-state index in [9.17, 15) is 9.90 Å². The van der Waals surface area contributed by atoms with Crippen LogP contribution in [0, 0.1) is 6.92 Å². The number of amides is 1. The minimum Gasteiger partial charge on any atom is -0.391 e. The van der Waals surface area contributed by atoms with Crippen molar-refractivity contribution in [2.75, 3.05) is 19.8 Å². The van der Waals surface area contributed by atoms with E-state index in [0.29, 0.717) is 25.5 Å². The van der Waals surface area contributed by atoms with Gasteiger partial charge in [-0.2, -0.15) is 0 Å². The third-order valence-electron chi connectivity index (χ3n) is 3.82. The molecule has 3 rings (SSSR count). The Kier molecular flexibility index (Phi) is 4.90. The molecule has 0 saturated carbocycles. The van der Waals surface area contributed by atoms with Crippen LogP contribution in [-0.4, -0.2) is 52.9 Å². The number of aromatic amines is 1. The SMILES string of the molecule is Cc1ccc2nc(COCC(=O)N[C@@H]3COCC[C@H]3O)[nH]c2c1. The maximum Gasteiger partial charge on any atom is 0.246 e. The highest BCUT2D eigenvalue weighted by atomic mass is 16.5. The fraction of sp³-hybridized carbons (Fsp3) is 0.500. The minimum absolute atomic E-state index is 0.0840. The number of nitrogens with zero attached hydrogens (tertiary/aromatic N) is 1. The first-order valence-corrected chi connectivity index (χ1v) is 7.70. The maximum atomic E-state index is 11.8. The molecule has 1 aliphatic heterocycles. The predicted octanol–water partition coefficient (Wildman–Crippen LogP) is 0.654. The lowest BCUT2D eigenvalue weighted by Crippen LogP contribution is -2.50.